The highest BCUT2D eigenvalue weighted by Gasteiger charge is 2.03. The zero-order chi connectivity index (χ0) is 11.1. The summed E-state index contributed by atoms with van der Waals surface area (Å²) in [5.74, 6) is -0.229. The lowest BCUT2D eigenvalue weighted by Gasteiger charge is -2.07. The molecule has 0 heterocycles. The van der Waals surface area contributed by atoms with Crippen LogP contribution in [0.1, 0.15) is 25.0 Å². The summed E-state index contributed by atoms with van der Waals surface area (Å²) in [5.41, 5.74) is 2.34. The molecule has 1 aromatic carbocycles. The van der Waals surface area contributed by atoms with Gasteiger partial charge in [0.1, 0.15) is 5.82 Å². The molecule has 2 heteroatoms. The summed E-state index contributed by atoms with van der Waals surface area (Å²) in [6.45, 7) is 11.2. The van der Waals surface area contributed by atoms with Gasteiger partial charge < -0.3 is 5.32 Å². The summed E-state index contributed by atoms with van der Waals surface area (Å²) in [6.07, 6.45) is 1.47. The van der Waals surface area contributed by atoms with Crippen molar-refractivity contribution in [2.24, 2.45) is 0 Å². The van der Waals surface area contributed by atoms with E-state index in [1.165, 1.54) is 12.3 Å². The lowest BCUT2D eigenvalue weighted by atomic mass is 10.1. The van der Waals surface area contributed by atoms with Crippen LogP contribution in [0.25, 0.3) is 0 Å². The average molecular weight is 195 g/mol. The Kier molecular flexibility index (Phi) is 5.61. The molecule has 1 aromatic rings. The van der Waals surface area contributed by atoms with E-state index in [4.69, 9.17) is 0 Å². The molecule has 0 aromatic heterocycles. The van der Waals surface area contributed by atoms with Crippen LogP contribution in [0.5, 0.6) is 0 Å². The first-order chi connectivity index (χ1) is 6.65. The number of hydrogen-bond acceptors (Lipinski definition) is 1. The highest BCUT2D eigenvalue weighted by molar-refractivity contribution is 5.54. The van der Waals surface area contributed by atoms with Crippen molar-refractivity contribution in [1.82, 2.24) is 0 Å². The lowest BCUT2D eigenvalue weighted by molar-refractivity contribution is 0.629. The van der Waals surface area contributed by atoms with Crippen LogP contribution in [0.15, 0.2) is 24.9 Å². The number of hydrogen-bond donors (Lipinski definition) is 1. The molecule has 0 spiro atoms. The van der Waals surface area contributed by atoms with Gasteiger partial charge in [-0.3, -0.25) is 0 Å². The number of halogens is 1. The van der Waals surface area contributed by atoms with Gasteiger partial charge >= 0.3 is 0 Å². The van der Waals surface area contributed by atoms with Gasteiger partial charge in [-0.25, -0.2) is 4.39 Å². The highest BCUT2D eigenvalue weighted by atomic mass is 19.1. The Hall–Kier alpha value is -1.31. The van der Waals surface area contributed by atoms with Crippen LogP contribution in [0, 0.1) is 19.7 Å². The molecule has 0 saturated carbocycles. The minimum absolute atomic E-state index is 0.229. The average Bonchev–Trinajstić information content (AvgIpc) is 2.14. The lowest BCUT2D eigenvalue weighted by Crippen LogP contribution is -1.95. The van der Waals surface area contributed by atoms with Gasteiger partial charge in [0, 0.05) is 0 Å². The summed E-state index contributed by atoms with van der Waals surface area (Å²) < 4.78 is 13.2. The molecule has 0 aliphatic heterocycles. The van der Waals surface area contributed by atoms with Crippen molar-refractivity contribution in [2.45, 2.75) is 27.7 Å². The Morgan fingerprint density at radius 2 is 1.86 bits per heavy atom. The fraction of sp³-hybridized carbons (Fsp3) is 0.333. The summed E-state index contributed by atoms with van der Waals surface area (Å²) >= 11 is 0. The second-order valence-electron chi connectivity index (χ2n) is 2.79. The van der Waals surface area contributed by atoms with Crippen LogP contribution < -0.4 is 5.32 Å². The van der Waals surface area contributed by atoms with Crippen molar-refractivity contribution in [1.29, 1.82) is 0 Å². The molecular formula is C12H18FN. The zero-order valence-electron chi connectivity index (χ0n) is 9.32. The monoisotopic (exact) mass is 195 g/mol. The maximum absolute atomic E-state index is 13.2. The Labute approximate surface area is 85.7 Å². The molecule has 0 aliphatic carbocycles. The number of aryl methyl sites for hydroxylation is 2. The van der Waals surface area contributed by atoms with Crippen molar-refractivity contribution in [3.05, 3.63) is 41.9 Å². The van der Waals surface area contributed by atoms with E-state index in [0.717, 1.165) is 11.1 Å². The van der Waals surface area contributed by atoms with Gasteiger partial charge in [0.25, 0.3) is 0 Å². The first-order valence-electron chi connectivity index (χ1n) is 4.79. The van der Waals surface area contributed by atoms with Gasteiger partial charge in [-0.2, -0.15) is 0 Å². The Morgan fingerprint density at radius 1 is 1.29 bits per heavy atom. The van der Waals surface area contributed by atoms with Gasteiger partial charge in [-0.15, -0.1) is 0 Å². The van der Waals surface area contributed by atoms with Crippen LogP contribution in [0.2, 0.25) is 0 Å². The molecule has 78 valence electrons. The fourth-order valence-electron chi connectivity index (χ4n) is 1.20. The third kappa shape index (κ3) is 3.21. The summed E-state index contributed by atoms with van der Waals surface area (Å²) in [4.78, 5) is 0. The summed E-state index contributed by atoms with van der Waals surface area (Å²) in [5, 5.41) is 2.76. The largest absolute Gasteiger partial charge is 0.360 e. The SMILES string of the molecule is C=CNc1c(C)cc(C)cc1F.CC. The van der Waals surface area contributed by atoms with E-state index in [1.54, 1.807) is 0 Å². The Balaban J connectivity index is 0.000000791. The van der Waals surface area contributed by atoms with Gasteiger partial charge in [-0.05, 0) is 37.2 Å². The van der Waals surface area contributed by atoms with Gasteiger partial charge in [0.2, 0.25) is 0 Å². The molecule has 1 N–H and O–H groups in total. The predicted molar refractivity (Wildman–Crippen MR) is 61.0 cm³/mol. The van der Waals surface area contributed by atoms with Crippen molar-refractivity contribution in [3.63, 3.8) is 0 Å². The van der Waals surface area contributed by atoms with E-state index in [2.05, 4.69) is 11.9 Å². The van der Waals surface area contributed by atoms with E-state index in [-0.39, 0.29) is 5.82 Å². The Bertz CT molecular complexity index is 282. The first kappa shape index (κ1) is 12.7. The molecule has 1 nitrogen and oxygen atoms in total. The predicted octanol–water partition coefficient (Wildman–Crippen LogP) is 4.02. The van der Waals surface area contributed by atoms with Crippen molar-refractivity contribution in [2.75, 3.05) is 5.32 Å². The second kappa shape index (κ2) is 6.19. The van der Waals surface area contributed by atoms with Crippen LogP contribution in [0.3, 0.4) is 0 Å². The number of benzene rings is 1. The van der Waals surface area contributed by atoms with Gasteiger partial charge in [-0.1, -0.05) is 26.5 Å². The van der Waals surface area contributed by atoms with E-state index >= 15 is 0 Å². The van der Waals surface area contributed by atoms with E-state index in [9.17, 15) is 4.39 Å². The van der Waals surface area contributed by atoms with Crippen LogP contribution in [0.4, 0.5) is 10.1 Å². The van der Waals surface area contributed by atoms with Crippen LogP contribution >= 0.6 is 0 Å². The van der Waals surface area contributed by atoms with Gasteiger partial charge in [0.05, 0.1) is 5.69 Å². The Morgan fingerprint density at radius 3 is 2.29 bits per heavy atom. The molecular weight excluding hydrogens is 177 g/mol. The van der Waals surface area contributed by atoms with Crippen LogP contribution in [-0.4, -0.2) is 0 Å². The normalized spacial score (nSPS) is 8.64. The molecule has 0 amide bonds. The molecule has 0 unspecified atom stereocenters. The molecule has 0 aliphatic rings. The van der Waals surface area contributed by atoms with E-state index in [0.29, 0.717) is 5.69 Å². The second-order valence-corrected chi connectivity index (χ2v) is 2.79. The fourth-order valence-corrected chi connectivity index (χ4v) is 1.20. The number of rotatable bonds is 2. The van der Waals surface area contributed by atoms with Crippen LogP contribution in [-0.2, 0) is 0 Å². The van der Waals surface area contributed by atoms with E-state index < -0.39 is 0 Å². The maximum Gasteiger partial charge on any atom is 0.147 e. The molecule has 1 rings (SSSR count). The van der Waals surface area contributed by atoms with Gasteiger partial charge in [0.15, 0.2) is 0 Å². The van der Waals surface area contributed by atoms with E-state index in [1.807, 2.05) is 33.8 Å². The molecule has 0 bridgehead atoms. The number of nitrogens with one attached hydrogen (secondary N) is 1. The first-order valence-corrected chi connectivity index (χ1v) is 4.79. The quantitative estimate of drug-likeness (QED) is 0.751. The molecule has 0 atom stereocenters. The van der Waals surface area contributed by atoms with Crippen molar-refractivity contribution < 1.29 is 4.39 Å². The minimum Gasteiger partial charge on any atom is -0.360 e. The maximum atomic E-state index is 13.2. The smallest absolute Gasteiger partial charge is 0.147 e. The number of anilines is 1. The third-order valence-electron chi connectivity index (χ3n) is 1.68. The molecule has 0 saturated heterocycles. The summed E-state index contributed by atoms with van der Waals surface area (Å²) in [6, 6.07) is 3.42. The summed E-state index contributed by atoms with van der Waals surface area (Å²) in [7, 11) is 0. The topological polar surface area (TPSA) is 12.0 Å². The molecule has 0 radical (unpaired) electrons. The van der Waals surface area contributed by atoms with Crippen molar-refractivity contribution >= 4 is 5.69 Å². The highest BCUT2D eigenvalue weighted by Crippen LogP contribution is 2.20. The standard InChI is InChI=1S/C10H12FN.C2H6/c1-4-12-10-8(3)5-7(2)6-9(10)11;1-2/h4-6,12H,1H2,2-3H3;1-2H3. The molecule has 14 heavy (non-hydrogen) atoms. The van der Waals surface area contributed by atoms with Crippen molar-refractivity contribution in [3.8, 4) is 0 Å². The third-order valence-corrected chi connectivity index (χ3v) is 1.68. The minimum atomic E-state index is -0.229. The zero-order valence-corrected chi connectivity index (χ0v) is 9.32. The molecule has 0 fully saturated rings.